The summed E-state index contributed by atoms with van der Waals surface area (Å²) in [5.74, 6) is -1.12. The molecular formula is C22H19F3N4O2S. The second-order valence-corrected chi connectivity index (χ2v) is 8.55. The fourth-order valence-corrected chi connectivity index (χ4v) is 4.52. The zero-order chi connectivity index (χ0) is 22.7. The van der Waals surface area contributed by atoms with Gasteiger partial charge < -0.3 is 10.6 Å². The molecule has 166 valence electrons. The number of amidine groups is 1. The number of nitrogens with zero attached hydrogens (tertiary/aromatic N) is 2. The summed E-state index contributed by atoms with van der Waals surface area (Å²) in [6.45, 7) is 0. The average molecular weight is 460 g/mol. The van der Waals surface area contributed by atoms with Gasteiger partial charge in [-0.1, -0.05) is 48.2 Å². The Morgan fingerprint density at radius 1 is 1.09 bits per heavy atom. The Morgan fingerprint density at radius 2 is 1.84 bits per heavy atom. The second kappa shape index (κ2) is 9.15. The van der Waals surface area contributed by atoms with Gasteiger partial charge in [0.05, 0.1) is 17.0 Å². The Balaban J connectivity index is 1.41. The van der Waals surface area contributed by atoms with Crippen LogP contribution in [0.2, 0.25) is 0 Å². The summed E-state index contributed by atoms with van der Waals surface area (Å²) >= 11 is 1.04. The molecule has 1 aliphatic carbocycles. The van der Waals surface area contributed by atoms with Crippen LogP contribution in [0.1, 0.15) is 36.0 Å². The molecule has 1 heterocycles. The van der Waals surface area contributed by atoms with Crippen molar-refractivity contribution in [3.05, 3.63) is 65.2 Å². The number of fused-ring (bicyclic) bond motifs is 1. The standard InChI is InChI=1S/C22H19F3N4O2S/c23-22(24,25)15-9-3-4-10-17(15)26-19(30)12-18-20(31)27-21(32-18)29-28-16-11-5-7-13-6-1-2-8-14(13)16/h1-4,6,8-10,18H,5,7,11-12H2,(H,26,30)(H,27,29,31)/b28-16-. The van der Waals surface area contributed by atoms with Gasteiger partial charge in [-0.25, -0.2) is 0 Å². The van der Waals surface area contributed by atoms with E-state index in [9.17, 15) is 22.8 Å². The predicted octanol–water partition coefficient (Wildman–Crippen LogP) is 4.36. The van der Waals surface area contributed by atoms with Gasteiger partial charge in [0.1, 0.15) is 5.25 Å². The third-order valence-electron chi connectivity index (χ3n) is 5.10. The van der Waals surface area contributed by atoms with E-state index in [1.54, 1.807) is 0 Å². The van der Waals surface area contributed by atoms with Crippen LogP contribution in [-0.2, 0) is 22.2 Å². The van der Waals surface area contributed by atoms with Gasteiger partial charge in [-0.15, -0.1) is 5.10 Å². The minimum absolute atomic E-state index is 0.263. The number of benzene rings is 2. The van der Waals surface area contributed by atoms with Crippen molar-refractivity contribution in [1.29, 1.82) is 0 Å². The topological polar surface area (TPSA) is 82.9 Å². The third kappa shape index (κ3) is 5.01. The Labute approximate surface area is 186 Å². The van der Waals surface area contributed by atoms with Crippen molar-refractivity contribution in [2.75, 3.05) is 5.32 Å². The predicted molar refractivity (Wildman–Crippen MR) is 118 cm³/mol. The number of halogens is 3. The minimum Gasteiger partial charge on any atom is -0.325 e. The molecule has 0 saturated carbocycles. The molecule has 1 aliphatic heterocycles. The molecule has 0 spiro atoms. The molecule has 1 unspecified atom stereocenters. The van der Waals surface area contributed by atoms with E-state index in [1.807, 2.05) is 18.2 Å². The number of amides is 2. The first-order valence-electron chi connectivity index (χ1n) is 9.97. The summed E-state index contributed by atoms with van der Waals surface area (Å²) in [6.07, 6.45) is -2.17. The lowest BCUT2D eigenvalue weighted by Gasteiger charge is -2.16. The van der Waals surface area contributed by atoms with Gasteiger partial charge in [0, 0.05) is 12.0 Å². The lowest BCUT2D eigenvalue weighted by molar-refractivity contribution is -0.137. The van der Waals surface area contributed by atoms with E-state index >= 15 is 0 Å². The molecule has 6 nitrogen and oxygen atoms in total. The van der Waals surface area contributed by atoms with Gasteiger partial charge >= 0.3 is 6.18 Å². The maximum absolute atomic E-state index is 13.1. The molecule has 0 aromatic heterocycles. The fourth-order valence-electron chi connectivity index (χ4n) is 3.61. The van der Waals surface area contributed by atoms with Crippen LogP contribution in [0.3, 0.4) is 0 Å². The summed E-state index contributed by atoms with van der Waals surface area (Å²) in [7, 11) is 0. The van der Waals surface area contributed by atoms with Gasteiger partial charge in [0.2, 0.25) is 11.8 Å². The highest BCUT2D eigenvalue weighted by Crippen LogP contribution is 2.35. The van der Waals surface area contributed by atoms with E-state index in [0.29, 0.717) is 0 Å². The number of nitrogens with one attached hydrogen (secondary N) is 2. The van der Waals surface area contributed by atoms with Gasteiger partial charge in [-0.3, -0.25) is 9.59 Å². The molecule has 2 aromatic carbocycles. The summed E-state index contributed by atoms with van der Waals surface area (Å²) in [5, 5.41) is 12.7. The summed E-state index contributed by atoms with van der Waals surface area (Å²) in [4.78, 5) is 24.5. The smallest absolute Gasteiger partial charge is 0.325 e. The Hall–Kier alpha value is -3.14. The number of aryl methyl sites for hydroxylation is 1. The molecule has 1 saturated heterocycles. The molecule has 2 aromatic rings. The molecule has 4 rings (SSSR count). The summed E-state index contributed by atoms with van der Waals surface area (Å²) in [6, 6.07) is 12.7. The summed E-state index contributed by atoms with van der Waals surface area (Å²) < 4.78 is 39.3. The number of anilines is 1. The number of thioether (sulfide) groups is 1. The van der Waals surface area contributed by atoms with E-state index in [4.69, 9.17) is 0 Å². The molecular weight excluding hydrogens is 441 g/mol. The van der Waals surface area contributed by atoms with Crippen molar-refractivity contribution < 1.29 is 22.8 Å². The molecule has 1 fully saturated rings. The highest BCUT2D eigenvalue weighted by molar-refractivity contribution is 8.15. The Kier molecular flexibility index (Phi) is 6.31. The van der Waals surface area contributed by atoms with Crippen LogP contribution in [0.25, 0.3) is 0 Å². The van der Waals surface area contributed by atoms with Crippen LogP contribution in [0, 0.1) is 0 Å². The summed E-state index contributed by atoms with van der Waals surface area (Å²) in [5.41, 5.74) is 1.79. The van der Waals surface area contributed by atoms with E-state index in [-0.39, 0.29) is 17.3 Å². The number of para-hydroxylation sites is 1. The Bertz CT molecular complexity index is 1110. The molecule has 2 aliphatic rings. The van der Waals surface area contributed by atoms with E-state index in [0.717, 1.165) is 48.4 Å². The molecule has 2 N–H and O–H groups in total. The maximum atomic E-state index is 13.1. The lowest BCUT2D eigenvalue weighted by atomic mass is 9.90. The highest BCUT2D eigenvalue weighted by Gasteiger charge is 2.35. The number of hydrogen-bond donors (Lipinski definition) is 2. The van der Waals surface area contributed by atoms with Crippen molar-refractivity contribution in [2.45, 2.75) is 37.1 Å². The second-order valence-electron chi connectivity index (χ2n) is 7.35. The maximum Gasteiger partial charge on any atom is 0.418 e. The van der Waals surface area contributed by atoms with E-state index in [1.165, 1.54) is 23.8 Å². The minimum atomic E-state index is -4.60. The number of carbonyl (C=O) groups excluding carboxylic acids is 2. The van der Waals surface area contributed by atoms with Crippen molar-refractivity contribution >= 4 is 40.1 Å². The van der Waals surface area contributed by atoms with Gasteiger partial charge in [-0.2, -0.15) is 18.3 Å². The number of hydrogen-bond acceptors (Lipinski definition) is 5. The quantitative estimate of drug-likeness (QED) is 0.665. The first-order valence-corrected chi connectivity index (χ1v) is 10.9. The number of rotatable bonds is 4. The molecule has 1 atom stereocenters. The number of carbonyl (C=O) groups is 2. The highest BCUT2D eigenvalue weighted by atomic mass is 32.2. The van der Waals surface area contributed by atoms with Crippen LogP contribution < -0.4 is 10.6 Å². The van der Waals surface area contributed by atoms with Crippen LogP contribution in [0.5, 0.6) is 0 Å². The van der Waals surface area contributed by atoms with Crippen molar-refractivity contribution in [2.24, 2.45) is 10.2 Å². The first kappa shape index (κ1) is 22.1. The molecule has 32 heavy (non-hydrogen) atoms. The lowest BCUT2D eigenvalue weighted by Crippen LogP contribution is -2.28. The molecule has 0 bridgehead atoms. The molecule has 0 radical (unpaired) electrons. The number of alkyl halides is 3. The van der Waals surface area contributed by atoms with Crippen molar-refractivity contribution in [3.63, 3.8) is 0 Å². The van der Waals surface area contributed by atoms with E-state index in [2.05, 4.69) is 26.9 Å². The molecule has 10 heteroatoms. The largest absolute Gasteiger partial charge is 0.418 e. The monoisotopic (exact) mass is 460 g/mol. The average Bonchev–Trinajstić information content (AvgIpc) is 3.10. The normalized spacial score (nSPS) is 20.8. The van der Waals surface area contributed by atoms with Crippen molar-refractivity contribution in [3.8, 4) is 0 Å². The van der Waals surface area contributed by atoms with Gasteiger partial charge in [-0.05, 0) is 37.0 Å². The van der Waals surface area contributed by atoms with Gasteiger partial charge in [0.15, 0.2) is 5.17 Å². The van der Waals surface area contributed by atoms with Crippen molar-refractivity contribution in [1.82, 2.24) is 5.32 Å². The fraction of sp³-hybridized carbons (Fsp3) is 0.273. The van der Waals surface area contributed by atoms with Crippen LogP contribution in [0.15, 0.2) is 58.7 Å². The zero-order valence-electron chi connectivity index (χ0n) is 16.8. The zero-order valence-corrected chi connectivity index (χ0v) is 17.6. The molecule has 2 amide bonds. The van der Waals surface area contributed by atoms with Gasteiger partial charge in [0.25, 0.3) is 0 Å². The van der Waals surface area contributed by atoms with Crippen LogP contribution >= 0.6 is 11.8 Å². The third-order valence-corrected chi connectivity index (χ3v) is 6.18. The SMILES string of the molecule is O=C(CC1S/C(=N\N=C2\CCCc3ccccc32)NC1=O)Nc1ccccc1C(F)(F)F. The first-order chi connectivity index (χ1) is 15.3. The van der Waals surface area contributed by atoms with E-state index < -0.39 is 28.8 Å². The van der Waals surface area contributed by atoms with Crippen LogP contribution in [0.4, 0.5) is 18.9 Å². The van der Waals surface area contributed by atoms with Crippen LogP contribution in [-0.4, -0.2) is 27.9 Å². The Morgan fingerprint density at radius 3 is 2.66 bits per heavy atom.